The molecule has 0 fully saturated rings. The van der Waals surface area contributed by atoms with Crippen LogP contribution in [-0.4, -0.2) is 10.9 Å². The number of aromatic nitrogens is 1. The van der Waals surface area contributed by atoms with Gasteiger partial charge in [0.2, 0.25) is 0 Å². The Kier molecular flexibility index (Phi) is 5.17. The molecule has 1 aromatic heterocycles. The summed E-state index contributed by atoms with van der Waals surface area (Å²) in [7, 11) is 0. The van der Waals surface area contributed by atoms with E-state index in [0.717, 1.165) is 27.6 Å². The van der Waals surface area contributed by atoms with Crippen molar-refractivity contribution in [1.82, 2.24) is 4.98 Å². The lowest BCUT2D eigenvalue weighted by molar-refractivity contribution is 0.102. The summed E-state index contributed by atoms with van der Waals surface area (Å²) in [5, 5.41) is 5.34. The fraction of sp³-hybridized carbons (Fsp3) is 0.111. The zero-order chi connectivity index (χ0) is 16.9. The van der Waals surface area contributed by atoms with E-state index in [1.807, 2.05) is 60.8 Å². The van der Waals surface area contributed by atoms with Gasteiger partial charge in [-0.05, 0) is 36.8 Å². The van der Waals surface area contributed by atoms with E-state index in [0.29, 0.717) is 10.7 Å². The van der Waals surface area contributed by atoms with E-state index in [-0.39, 0.29) is 5.91 Å². The van der Waals surface area contributed by atoms with Crippen molar-refractivity contribution in [3.05, 3.63) is 70.7 Å². The zero-order valence-corrected chi connectivity index (χ0v) is 14.8. The standard InChI is InChI=1S/C18H17N3OS2/c1-12-10-24-18(20-12)21-17(22)14-8-6-13(7-9-14)11-23-16-5-3-2-4-15(16)19/h2-10H,11,19H2,1H3,(H,20,21,22). The summed E-state index contributed by atoms with van der Waals surface area (Å²) < 4.78 is 0. The second-order valence-corrected chi connectivity index (χ2v) is 7.15. The maximum Gasteiger partial charge on any atom is 0.257 e. The van der Waals surface area contributed by atoms with E-state index in [9.17, 15) is 4.79 Å². The number of thioether (sulfide) groups is 1. The number of carbonyl (C=O) groups is 1. The van der Waals surface area contributed by atoms with Crippen LogP contribution in [0.2, 0.25) is 0 Å². The summed E-state index contributed by atoms with van der Waals surface area (Å²) in [6, 6.07) is 15.4. The van der Waals surface area contributed by atoms with Crippen molar-refractivity contribution in [1.29, 1.82) is 0 Å². The number of benzene rings is 2. The van der Waals surface area contributed by atoms with E-state index in [1.165, 1.54) is 11.3 Å². The molecule has 122 valence electrons. The van der Waals surface area contributed by atoms with Crippen LogP contribution in [-0.2, 0) is 5.75 Å². The molecule has 3 aromatic rings. The predicted octanol–water partition coefficient (Wildman–Crippen LogP) is 4.58. The van der Waals surface area contributed by atoms with Crippen molar-refractivity contribution in [3.8, 4) is 0 Å². The number of carbonyl (C=O) groups excluding carboxylic acids is 1. The molecule has 24 heavy (non-hydrogen) atoms. The minimum atomic E-state index is -0.143. The fourth-order valence-electron chi connectivity index (χ4n) is 2.11. The number of aryl methyl sites for hydroxylation is 1. The van der Waals surface area contributed by atoms with E-state index in [4.69, 9.17) is 5.73 Å². The van der Waals surface area contributed by atoms with E-state index in [2.05, 4.69) is 10.3 Å². The maximum atomic E-state index is 12.2. The molecule has 0 aliphatic carbocycles. The Hall–Kier alpha value is -2.31. The Labute approximate surface area is 149 Å². The molecule has 2 aromatic carbocycles. The smallest absolute Gasteiger partial charge is 0.257 e. The largest absolute Gasteiger partial charge is 0.398 e. The number of nitrogens with one attached hydrogen (secondary N) is 1. The SMILES string of the molecule is Cc1csc(NC(=O)c2ccc(CSc3ccccc3N)cc2)n1. The van der Waals surface area contributed by atoms with Crippen molar-refractivity contribution in [3.63, 3.8) is 0 Å². The third kappa shape index (κ3) is 4.15. The minimum absolute atomic E-state index is 0.143. The molecule has 0 aliphatic rings. The van der Waals surface area contributed by atoms with Crippen LogP contribution in [0.5, 0.6) is 0 Å². The van der Waals surface area contributed by atoms with Crippen LogP contribution < -0.4 is 11.1 Å². The van der Waals surface area contributed by atoms with Crippen molar-refractivity contribution in [2.75, 3.05) is 11.1 Å². The highest BCUT2D eigenvalue weighted by Gasteiger charge is 2.08. The fourth-order valence-corrected chi connectivity index (χ4v) is 3.71. The number of hydrogen-bond donors (Lipinski definition) is 2. The summed E-state index contributed by atoms with van der Waals surface area (Å²) in [6.07, 6.45) is 0. The van der Waals surface area contributed by atoms with Gasteiger partial charge in [-0.25, -0.2) is 4.98 Å². The van der Waals surface area contributed by atoms with Gasteiger partial charge >= 0.3 is 0 Å². The third-order valence-corrected chi connectivity index (χ3v) is 5.40. The summed E-state index contributed by atoms with van der Waals surface area (Å²) in [5.41, 5.74) is 9.40. The molecule has 0 bridgehead atoms. The number of thiazole rings is 1. The minimum Gasteiger partial charge on any atom is -0.398 e. The summed E-state index contributed by atoms with van der Waals surface area (Å²) in [6.45, 7) is 1.90. The summed E-state index contributed by atoms with van der Waals surface area (Å²) in [5.74, 6) is 0.665. The first-order valence-corrected chi connectivity index (χ1v) is 9.28. The molecule has 1 heterocycles. The number of rotatable bonds is 5. The highest BCUT2D eigenvalue weighted by atomic mass is 32.2. The molecule has 3 N–H and O–H groups in total. The van der Waals surface area contributed by atoms with Gasteiger partial charge in [0, 0.05) is 27.3 Å². The highest BCUT2D eigenvalue weighted by Crippen LogP contribution is 2.27. The molecular weight excluding hydrogens is 338 g/mol. The van der Waals surface area contributed by atoms with Crippen LogP contribution in [0.1, 0.15) is 21.6 Å². The maximum absolute atomic E-state index is 12.2. The first-order chi connectivity index (χ1) is 11.6. The molecule has 4 nitrogen and oxygen atoms in total. The molecule has 6 heteroatoms. The second kappa shape index (κ2) is 7.51. The lowest BCUT2D eigenvalue weighted by Gasteiger charge is -2.06. The number of hydrogen-bond acceptors (Lipinski definition) is 5. The van der Waals surface area contributed by atoms with E-state index in [1.54, 1.807) is 11.8 Å². The van der Waals surface area contributed by atoms with Gasteiger partial charge in [-0.2, -0.15) is 0 Å². The summed E-state index contributed by atoms with van der Waals surface area (Å²) >= 11 is 3.11. The number of anilines is 2. The van der Waals surface area contributed by atoms with Crippen LogP contribution >= 0.6 is 23.1 Å². The van der Waals surface area contributed by atoms with Crippen LogP contribution in [0.3, 0.4) is 0 Å². The Bertz CT molecular complexity index is 843. The lowest BCUT2D eigenvalue weighted by atomic mass is 10.1. The molecule has 0 atom stereocenters. The average molecular weight is 355 g/mol. The third-order valence-electron chi connectivity index (χ3n) is 3.37. The molecular formula is C18H17N3OS2. The molecule has 0 spiro atoms. The Balaban J connectivity index is 1.60. The molecule has 0 aliphatic heterocycles. The van der Waals surface area contributed by atoms with Gasteiger partial charge in [0.15, 0.2) is 5.13 Å². The van der Waals surface area contributed by atoms with Crippen LogP contribution in [0, 0.1) is 6.92 Å². The first-order valence-electron chi connectivity index (χ1n) is 7.41. The van der Waals surface area contributed by atoms with Crippen molar-refractivity contribution < 1.29 is 4.79 Å². The average Bonchev–Trinajstić information content (AvgIpc) is 2.99. The normalized spacial score (nSPS) is 10.5. The Morgan fingerprint density at radius 2 is 1.96 bits per heavy atom. The van der Waals surface area contributed by atoms with Crippen molar-refractivity contribution in [2.24, 2.45) is 0 Å². The van der Waals surface area contributed by atoms with E-state index < -0.39 is 0 Å². The molecule has 0 saturated heterocycles. The van der Waals surface area contributed by atoms with Crippen LogP contribution in [0.15, 0.2) is 58.8 Å². The first kappa shape index (κ1) is 16.5. The van der Waals surface area contributed by atoms with Gasteiger partial charge in [-0.3, -0.25) is 10.1 Å². The van der Waals surface area contributed by atoms with Gasteiger partial charge in [0.1, 0.15) is 0 Å². The van der Waals surface area contributed by atoms with Crippen LogP contribution in [0.4, 0.5) is 10.8 Å². The predicted molar refractivity (Wildman–Crippen MR) is 102 cm³/mol. The zero-order valence-electron chi connectivity index (χ0n) is 13.2. The molecule has 3 rings (SSSR count). The van der Waals surface area contributed by atoms with E-state index >= 15 is 0 Å². The number of nitrogen functional groups attached to an aromatic ring is 1. The summed E-state index contributed by atoms with van der Waals surface area (Å²) in [4.78, 5) is 17.5. The monoisotopic (exact) mass is 355 g/mol. The number of para-hydroxylation sites is 1. The van der Waals surface area contributed by atoms with Gasteiger partial charge in [0.25, 0.3) is 5.91 Å². The molecule has 0 radical (unpaired) electrons. The van der Waals surface area contributed by atoms with Gasteiger partial charge in [0.05, 0.1) is 5.69 Å². The molecule has 0 saturated carbocycles. The Morgan fingerprint density at radius 1 is 1.21 bits per heavy atom. The van der Waals surface area contributed by atoms with Crippen LogP contribution in [0.25, 0.3) is 0 Å². The molecule has 1 amide bonds. The second-order valence-electron chi connectivity index (χ2n) is 5.27. The Morgan fingerprint density at radius 3 is 2.62 bits per heavy atom. The van der Waals surface area contributed by atoms with Gasteiger partial charge in [-0.15, -0.1) is 23.1 Å². The molecule has 0 unspecified atom stereocenters. The number of nitrogens with zero attached hydrogens (tertiary/aromatic N) is 1. The lowest BCUT2D eigenvalue weighted by Crippen LogP contribution is -2.11. The van der Waals surface area contributed by atoms with Crippen molar-refractivity contribution >= 4 is 39.8 Å². The van der Waals surface area contributed by atoms with Crippen molar-refractivity contribution in [2.45, 2.75) is 17.6 Å². The van der Waals surface area contributed by atoms with Gasteiger partial charge < -0.3 is 5.73 Å². The number of amides is 1. The topological polar surface area (TPSA) is 68.0 Å². The highest BCUT2D eigenvalue weighted by molar-refractivity contribution is 7.98. The number of nitrogens with two attached hydrogens (primary N) is 1. The van der Waals surface area contributed by atoms with Gasteiger partial charge in [-0.1, -0.05) is 24.3 Å². The quantitative estimate of drug-likeness (QED) is 0.519.